The van der Waals surface area contributed by atoms with Crippen LogP contribution in [0.3, 0.4) is 0 Å². The van der Waals surface area contributed by atoms with E-state index in [0.717, 1.165) is 18.4 Å². The van der Waals surface area contributed by atoms with Gasteiger partial charge in [0.25, 0.3) is 0 Å². The summed E-state index contributed by atoms with van der Waals surface area (Å²) < 4.78 is 24.4. The minimum absolute atomic E-state index is 0.192. The highest BCUT2D eigenvalue weighted by atomic mass is 32.2. The first-order valence-electron chi connectivity index (χ1n) is 6.07. The maximum atomic E-state index is 12.2. The fraction of sp³-hybridized carbons (Fsp3) is 0.769. The Labute approximate surface area is 105 Å². The largest absolute Gasteiger partial charge is 0.284 e. The van der Waals surface area contributed by atoms with Crippen LogP contribution in [0.5, 0.6) is 0 Å². The van der Waals surface area contributed by atoms with E-state index in [9.17, 15) is 8.42 Å². The van der Waals surface area contributed by atoms with Gasteiger partial charge in [-0.05, 0) is 37.7 Å². The van der Waals surface area contributed by atoms with E-state index in [1.165, 1.54) is 0 Å². The van der Waals surface area contributed by atoms with Crippen LogP contribution in [0.2, 0.25) is 0 Å². The van der Waals surface area contributed by atoms with Crippen molar-refractivity contribution in [2.75, 3.05) is 12.3 Å². The van der Waals surface area contributed by atoms with E-state index in [1.807, 2.05) is 6.92 Å². The summed E-state index contributed by atoms with van der Waals surface area (Å²) in [5, 5.41) is 0. The first kappa shape index (κ1) is 14.4. The Hall–Kier alpha value is -0.640. The van der Waals surface area contributed by atoms with Crippen LogP contribution in [0.4, 0.5) is 0 Å². The lowest BCUT2D eigenvalue weighted by Gasteiger charge is -2.17. The van der Waals surface area contributed by atoms with E-state index >= 15 is 0 Å². The van der Waals surface area contributed by atoms with Gasteiger partial charge in [-0.15, -0.1) is 0 Å². The third kappa shape index (κ3) is 3.95. The molecule has 0 amide bonds. The maximum absolute atomic E-state index is 12.2. The minimum Gasteiger partial charge on any atom is -0.284 e. The molecule has 98 valence electrons. The highest BCUT2D eigenvalue weighted by molar-refractivity contribution is 7.96. The van der Waals surface area contributed by atoms with Crippen LogP contribution in [0.15, 0.2) is 15.5 Å². The summed E-state index contributed by atoms with van der Waals surface area (Å²) in [7, 11) is -3.13. The minimum atomic E-state index is -3.13. The zero-order valence-electron chi connectivity index (χ0n) is 11.5. The number of rotatable bonds is 4. The molecule has 1 aliphatic heterocycles. The summed E-state index contributed by atoms with van der Waals surface area (Å²) in [6.07, 6.45) is 1.64. The molecule has 0 bridgehead atoms. The van der Waals surface area contributed by atoms with Gasteiger partial charge in [-0.2, -0.15) is 0 Å². The van der Waals surface area contributed by atoms with E-state index in [2.05, 4.69) is 25.8 Å². The lowest BCUT2D eigenvalue weighted by atomic mass is 9.91. The Bertz CT molecular complexity index is 450. The Morgan fingerprint density at radius 2 is 1.82 bits per heavy atom. The van der Waals surface area contributed by atoms with Crippen LogP contribution in [0.25, 0.3) is 0 Å². The van der Waals surface area contributed by atoms with E-state index in [0.29, 0.717) is 17.2 Å². The molecule has 3 nitrogen and oxygen atoms in total. The van der Waals surface area contributed by atoms with Crippen LogP contribution in [-0.2, 0) is 9.84 Å². The number of nitrogens with zero attached hydrogens (tertiary/aromatic N) is 1. The number of hydrogen-bond donors (Lipinski definition) is 0. The van der Waals surface area contributed by atoms with Gasteiger partial charge >= 0.3 is 0 Å². The Morgan fingerprint density at radius 3 is 2.24 bits per heavy atom. The molecule has 0 aromatic rings. The van der Waals surface area contributed by atoms with Crippen LogP contribution in [0.1, 0.15) is 47.5 Å². The van der Waals surface area contributed by atoms with Gasteiger partial charge < -0.3 is 0 Å². The van der Waals surface area contributed by atoms with Gasteiger partial charge in [0.2, 0.25) is 0 Å². The van der Waals surface area contributed by atoms with Gasteiger partial charge in [-0.3, -0.25) is 4.99 Å². The topological polar surface area (TPSA) is 46.5 Å². The zero-order chi connectivity index (χ0) is 13.3. The summed E-state index contributed by atoms with van der Waals surface area (Å²) in [6.45, 7) is 10.6. The monoisotopic (exact) mass is 257 g/mol. The lowest BCUT2D eigenvalue weighted by Crippen LogP contribution is -2.16. The van der Waals surface area contributed by atoms with E-state index < -0.39 is 9.84 Å². The molecule has 0 saturated heterocycles. The Kier molecular flexibility index (Phi) is 4.18. The van der Waals surface area contributed by atoms with Crippen molar-refractivity contribution in [2.24, 2.45) is 10.4 Å². The maximum Gasteiger partial charge on any atom is 0.180 e. The second-order valence-corrected chi connectivity index (χ2v) is 8.04. The van der Waals surface area contributed by atoms with E-state index in [-0.39, 0.29) is 11.2 Å². The van der Waals surface area contributed by atoms with Gasteiger partial charge in [0.1, 0.15) is 0 Å². The Morgan fingerprint density at radius 1 is 1.24 bits per heavy atom. The van der Waals surface area contributed by atoms with Gasteiger partial charge in [0, 0.05) is 0 Å². The number of aliphatic imine (C=N–C) groups is 1. The van der Waals surface area contributed by atoms with Crippen molar-refractivity contribution < 1.29 is 8.42 Å². The molecule has 0 fully saturated rings. The van der Waals surface area contributed by atoms with Gasteiger partial charge in [0.05, 0.1) is 22.9 Å². The third-order valence-electron chi connectivity index (χ3n) is 2.92. The summed E-state index contributed by atoms with van der Waals surface area (Å²) in [6, 6.07) is 0. The summed E-state index contributed by atoms with van der Waals surface area (Å²) in [5.41, 5.74) is 1.76. The van der Waals surface area contributed by atoms with Gasteiger partial charge in [-0.1, -0.05) is 20.8 Å². The molecular formula is C13H23NO2S. The van der Waals surface area contributed by atoms with Crippen molar-refractivity contribution >= 4 is 15.5 Å². The normalized spacial score (nSPS) is 17.6. The predicted octanol–water partition coefficient (Wildman–Crippen LogP) is 2.98. The van der Waals surface area contributed by atoms with E-state index in [1.54, 1.807) is 6.92 Å². The fourth-order valence-corrected chi connectivity index (χ4v) is 3.91. The molecule has 0 spiro atoms. The molecule has 4 heteroatoms. The van der Waals surface area contributed by atoms with Gasteiger partial charge in [-0.25, -0.2) is 8.42 Å². The molecular weight excluding hydrogens is 234 g/mol. The quantitative estimate of drug-likeness (QED) is 0.777. The molecule has 1 rings (SSSR count). The molecule has 0 aliphatic carbocycles. The molecule has 0 saturated carbocycles. The average molecular weight is 257 g/mol. The summed E-state index contributed by atoms with van der Waals surface area (Å²) in [4.78, 5) is 4.68. The first-order valence-corrected chi connectivity index (χ1v) is 7.73. The molecule has 17 heavy (non-hydrogen) atoms. The molecule has 0 aromatic carbocycles. The van der Waals surface area contributed by atoms with Crippen molar-refractivity contribution in [3.8, 4) is 0 Å². The third-order valence-corrected chi connectivity index (χ3v) is 5.01. The van der Waals surface area contributed by atoms with Crippen LogP contribution >= 0.6 is 0 Å². The van der Waals surface area contributed by atoms with Crippen molar-refractivity contribution in [3.05, 3.63) is 10.5 Å². The molecule has 0 unspecified atom stereocenters. The summed E-state index contributed by atoms with van der Waals surface area (Å²) in [5.74, 6) is 0.240. The first-order chi connectivity index (χ1) is 7.63. The standard InChI is InChI=1S/C13H23NO2S/c1-10-9-14-11(2)12(10)17(15,16)8-6-7-13(3,4)5/h6-9H2,1-5H3. The van der Waals surface area contributed by atoms with E-state index in [4.69, 9.17) is 0 Å². The molecule has 1 heterocycles. The highest BCUT2D eigenvalue weighted by Crippen LogP contribution is 2.25. The lowest BCUT2D eigenvalue weighted by molar-refractivity contribution is 0.373. The SMILES string of the molecule is CC1=NCC(C)=C1S(=O)(=O)CCCC(C)(C)C. The average Bonchev–Trinajstić information content (AvgIpc) is 2.43. The summed E-state index contributed by atoms with van der Waals surface area (Å²) >= 11 is 0. The smallest absolute Gasteiger partial charge is 0.180 e. The fourth-order valence-electron chi connectivity index (χ4n) is 2.07. The van der Waals surface area contributed by atoms with Gasteiger partial charge in [0.15, 0.2) is 9.84 Å². The molecule has 1 aliphatic rings. The molecule has 0 aromatic heterocycles. The number of sulfone groups is 1. The molecule has 0 radical (unpaired) electrons. The van der Waals surface area contributed by atoms with Crippen molar-refractivity contribution in [3.63, 3.8) is 0 Å². The van der Waals surface area contributed by atoms with Crippen LogP contribution in [0, 0.1) is 5.41 Å². The Balaban J connectivity index is 2.71. The zero-order valence-corrected chi connectivity index (χ0v) is 12.3. The second kappa shape index (κ2) is 4.92. The van der Waals surface area contributed by atoms with Crippen molar-refractivity contribution in [1.29, 1.82) is 0 Å². The second-order valence-electron chi connectivity index (χ2n) is 5.99. The molecule has 0 N–H and O–H groups in total. The van der Waals surface area contributed by atoms with Crippen LogP contribution in [-0.4, -0.2) is 26.4 Å². The van der Waals surface area contributed by atoms with Crippen LogP contribution < -0.4 is 0 Å². The predicted molar refractivity (Wildman–Crippen MR) is 73.2 cm³/mol. The highest BCUT2D eigenvalue weighted by Gasteiger charge is 2.26. The van der Waals surface area contributed by atoms with Crippen molar-refractivity contribution in [2.45, 2.75) is 47.5 Å². The molecule has 0 atom stereocenters. The van der Waals surface area contributed by atoms with Crippen molar-refractivity contribution in [1.82, 2.24) is 0 Å². The number of hydrogen-bond acceptors (Lipinski definition) is 3. The number of allylic oxidation sites excluding steroid dienone is 1.